The molecule has 0 aromatic rings. The highest BCUT2D eigenvalue weighted by atomic mass is 31.2. The number of aliphatic hydroxyl groups excluding tert-OH is 6. The fraction of sp³-hybridized carbons (Fsp3) is 0.824. The minimum atomic E-state index is -4.05. The third-order valence-corrected chi connectivity index (χ3v) is 5.27. The molecule has 0 aliphatic rings. The normalized spacial score (nSPS) is 20.4. The molecule has 0 fully saturated rings. The minimum absolute atomic E-state index is 0.127. The molecule has 214 valence electrons. The summed E-state index contributed by atoms with van der Waals surface area (Å²) in [4.78, 5) is 50.3. The molecule has 0 aromatic heterocycles. The Bertz CT molecular complexity index is 773. The van der Waals surface area contributed by atoms with Gasteiger partial charge in [0.25, 0.3) is 0 Å². The van der Waals surface area contributed by atoms with E-state index < -0.39 is 89.4 Å². The van der Waals surface area contributed by atoms with Crippen molar-refractivity contribution < 1.29 is 73.0 Å². The van der Waals surface area contributed by atoms with Crippen molar-refractivity contribution in [1.29, 1.82) is 0 Å². The van der Waals surface area contributed by atoms with Crippen LogP contribution in [0.1, 0.15) is 13.8 Å². The largest absolute Gasteiger partial charge is 0.394 e. The Kier molecular flexibility index (Phi) is 17.6. The maximum Gasteiger partial charge on any atom is 0.325 e. The van der Waals surface area contributed by atoms with E-state index in [4.69, 9.17) is 25.1 Å². The lowest BCUT2D eigenvalue weighted by Gasteiger charge is -2.31. The lowest BCUT2D eigenvalue weighted by molar-refractivity contribution is -0.125. The summed E-state index contributed by atoms with van der Waals surface area (Å²) in [5, 5.41) is 60.1. The first-order valence-corrected chi connectivity index (χ1v) is 14.2. The lowest BCUT2D eigenvalue weighted by Crippen LogP contribution is -2.54. The van der Waals surface area contributed by atoms with E-state index in [1.165, 1.54) is 0 Å². The molecule has 0 spiro atoms. The highest BCUT2D eigenvalue weighted by molar-refractivity contribution is 7.52. The molecule has 0 heterocycles. The molecule has 10 N–H and O–H groups in total. The summed E-state index contributed by atoms with van der Waals surface area (Å²) >= 11 is 0. The number of aldehydes is 1. The maximum absolute atomic E-state index is 11.2. The second-order valence-corrected chi connectivity index (χ2v) is 11.2. The van der Waals surface area contributed by atoms with Crippen LogP contribution in [0.2, 0.25) is 0 Å². The van der Waals surface area contributed by atoms with Crippen LogP contribution in [0.3, 0.4) is 0 Å². The molecule has 0 aliphatic heterocycles. The summed E-state index contributed by atoms with van der Waals surface area (Å²) in [5.74, 6) is -1.09. The smallest absolute Gasteiger partial charge is 0.325 e. The van der Waals surface area contributed by atoms with Gasteiger partial charge in [-0.3, -0.25) is 27.8 Å². The number of aliphatic hydroxyl groups is 6. The van der Waals surface area contributed by atoms with Crippen molar-refractivity contribution in [3.05, 3.63) is 0 Å². The summed E-state index contributed by atoms with van der Waals surface area (Å²) in [6.07, 6.45) is -8.09. The van der Waals surface area contributed by atoms with Gasteiger partial charge in [0.15, 0.2) is 12.4 Å². The molecule has 0 aliphatic carbocycles. The molecule has 0 saturated carbocycles. The van der Waals surface area contributed by atoms with Crippen LogP contribution in [-0.4, -0.2) is 134 Å². The van der Waals surface area contributed by atoms with Crippen molar-refractivity contribution in [2.45, 2.75) is 56.5 Å². The van der Waals surface area contributed by atoms with E-state index >= 15 is 0 Å². The Morgan fingerprint density at radius 2 is 1.19 bits per heavy atom. The summed E-state index contributed by atoms with van der Waals surface area (Å²) in [6.45, 7) is 1.82. The molecule has 36 heavy (non-hydrogen) atoms. The SMILES string of the molecule is CC(=O)NC(CO)C(O)C(C=O)OP(C)(=O)O.CC(=O)NC(CO)C(O)C(OP(C)(=O)O)C(O)CO. The first-order valence-electron chi connectivity index (χ1n) is 10.2. The van der Waals surface area contributed by atoms with Gasteiger partial charge in [0.1, 0.15) is 24.4 Å². The zero-order chi connectivity index (χ0) is 28.9. The monoisotopic (exact) mass is 570 g/mol. The van der Waals surface area contributed by atoms with Crippen molar-refractivity contribution in [3.63, 3.8) is 0 Å². The van der Waals surface area contributed by atoms with Crippen molar-refractivity contribution in [3.8, 4) is 0 Å². The van der Waals surface area contributed by atoms with E-state index in [1.54, 1.807) is 0 Å². The Balaban J connectivity index is 0. The van der Waals surface area contributed by atoms with E-state index in [2.05, 4.69) is 19.7 Å². The van der Waals surface area contributed by atoms with Crippen LogP contribution >= 0.6 is 15.2 Å². The first kappa shape index (κ1) is 36.8. The molecule has 19 heteroatoms. The van der Waals surface area contributed by atoms with Crippen LogP contribution in [0.15, 0.2) is 0 Å². The Labute approximate surface area is 207 Å². The first-order chi connectivity index (χ1) is 16.3. The zero-order valence-corrected chi connectivity index (χ0v) is 21.9. The van der Waals surface area contributed by atoms with Crippen molar-refractivity contribution in [1.82, 2.24) is 10.6 Å². The summed E-state index contributed by atoms with van der Waals surface area (Å²) < 4.78 is 31.1. The van der Waals surface area contributed by atoms with Crippen LogP contribution in [-0.2, 0) is 32.6 Å². The van der Waals surface area contributed by atoms with E-state index in [1.807, 2.05) is 0 Å². The standard InChI is InChI=1S/C9H20NO8P.C8H16NO7P/c1-5(13)10-6(3-11)8(15)9(7(14)4-12)18-19(2,16)17;1-5(12)9-6(3-10)8(13)7(4-11)16-17(2,14)15/h6-9,11-12,14-15H,3-4H2,1-2H3,(H,10,13)(H,16,17);4,6-8,10,13H,3H2,1-2H3,(H,9,12)(H,14,15). The third-order valence-electron chi connectivity index (χ3n) is 4.00. The van der Waals surface area contributed by atoms with Gasteiger partial charge in [-0.25, -0.2) is 0 Å². The number of hydrogen-bond donors (Lipinski definition) is 10. The van der Waals surface area contributed by atoms with Gasteiger partial charge in [-0.1, -0.05) is 0 Å². The fourth-order valence-corrected chi connectivity index (χ4v) is 3.88. The quantitative estimate of drug-likeness (QED) is 0.0657. The topological polar surface area (TPSA) is 290 Å². The van der Waals surface area contributed by atoms with Gasteiger partial charge in [0.2, 0.25) is 11.8 Å². The predicted molar refractivity (Wildman–Crippen MR) is 122 cm³/mol. The van der Waals surface area contributed by atoms with Crippen LogP contribution in [0.4, 0.5) is 0 Å². The minimum Gasteiger partial charge on any atom is -0.394 e. The van der Waals surface area contributed by atoms with Gasteiger partial charge >= 0.3 is 15.2 Å². The predicted octanol–water partition coefficient (Wildman–Crippen LogP) is -4.36. The molecule has 17 nitrogen and oxygen atoms in total. The van der Waals surface area contributed by atoms with Crippen LogP contribution < -0.4 is 10.6 Å². The van der Waals surface area contributed by atoms with E-state index in [0.29, 0.717) is 0 Å². The van der Waals surface area contributed by atoms with E-state index in [0.717, 1.165) is 27.2 Å². The Morgan fingerprint density at radius 1 is 0.806 bits per heavy atom. The Hall–Kier alpha value is -1.33. The van der Waals surface area contributed by atoms with Gasteiger partial charge in [-0.05, 0) is 0 Å². The summed E-state index contributed by atoms with van der Waals surface area (Å²) in [5.41, 5.74) is 0. The summed E-state index contributed by atoms with van der Waals surface area (Å²) in [7, 11) is -8.01. The molecule has 0 rings (SSSR count). The average molecular weight is 570 g/mol. The molecule has 0 bridgehead atoms. The zero-order valence-electron chi connectivity index (χ0n) is 20.1. The number of nitrogens with one attached hydrogen (secondary N) is 2. The second-order valence-electron chi connectivity index (χ2n) is 7.59. The molecular weight excluding hydrogens is 534 g/mol. The molecule has 0 radical (unpaired) electrons. The van der Waals surface area contributed by atoms with Crippen LogP contribution in [0.5, 0.6) is 0 Å². The number of rotatable bonds is 15. The fourth-order valence-electron chi connectivity index (χ4n) is 2.54. The molecule has 2 amide bonds. The van der Waals surface area contributed by atoms with Gasteiger partial charge in [-0.2, -0.15) is 0 Å². The lowest BCUT2D eigenvalue weighted by atomic mass is 10.0. The van der Waals surface area contributed by atoms with Crippen LogP contribution in [0, 0.1) is 0 Å². The summed E-state index contributed by atoms with van der Waals surface area (Å²) in [6, 6.07) is -2.37. The second kappa shape index (κ2) is 17.2. The molecule has 9 atom stereocenters. The highest BCUT2D eigenvalue weighted by Crippen LogP contribution is 2.40. The van der Waals surface area contributed by atoms with Crippen molar-refractivity contribution >= 4 is 33.3 Å². The van der Waals surface area contributed by atoms with Crippen molar-refractivity contribution in [2.24, 2.45) is 0 Å². The van der Waals surface area contributed by atoms with Crippen LogP contribution in [0.25, 0.3) is 0 Å². The average Bonchev–Trinajstić information content (AvgIpc) is 2.75. The van der Waals surface area contributed by atoms with Gasteiger partial charge in [0.05, 0.1) is 31.9 Å². The van der Waals surface area contributed by atoms with Crippen molar-refractivity contribution in [2.75, 3.05) is 33.2 Å². The number of carbonyl (C=O) groups excluding carboxylic acids is 3. The molecule has 0 saturated heterocycles. The molecule has 9 unspecified atom stereocenters. The molecule has 0 aromatic carbocycles. The van der Waals surface area contributed by atoms with Gasteiger partial charge < -0.3 is 55.9 Å². The maximum atomic E-state index is 11.2. The molecular formula is C17H36N2O15P2. The number of carbonyl (C=O) groups is 3. The van der Waals surface area contributed by atoms with E-state index in [9.17, 15) is 38.8 Å². The van der Waals surface area contributed by atoms with Gasteiger partial charge in [0, 0.05) is 27.2 Å². The van der Waals surface area contributed by atoms with Gasteiger partial charge in [-0.15, -0.1) is 0 Å². The number of hydrogen-bond acceptors (Lipinski definition) is 13. The highest BCUT2D eigenvalue weighted by Gasteiger charge is 2.37. The number of amides is 2. The Morgan fingerprint density at radius 3 is 1.47 bits per heavy atom. The van der Waals surface area contributed by atoms with E-state index in [-0.39, 0.29) is 6.29 Å². The third kappa shape index (κ3) is 16.4.